The molecule has 0 aliphatic heterocycles. The van der Waals surface area contributed by atoms with Gasteiger partial charge >= 0.3 is 0 Å². The molecule has 0 bridgehead atoms. The van der Waals surface area contributed by atoms with E-state index >= 15 is 0 Å². The Balaban J connectivity index is 1.66. The molecule has 0 radical (unpaired) electrons. The number of hydrogen-bond acceptors (Lipinski definition) is 3. The molecule has 4 rings (SSSR count). The van der Waals surface area contributed by atoms with Gasteiger partial charge in [-0.25, -0.2) is 0 Å². The molecule has 0 amide bonds. The molecule has 1 N–H and O–H groups in total. The SMILES string of the molecule is C[C@]12CCC(=O)C[C@H]1CC[C@@H]1[C@@H]2CC[C@]2(C)C(=O)[C@H](O)C[C@@H]12. The molecule has 22 heavy (non-hydrogen) atoms. The smallest absolute Gasteiger partial charge is 0.167 e. The van der Waals surface area contributed by atoms with Crippen LogP contribution in [0.5, 0.6) is 0 Å². The van der Waals surface area contributed by atoms with E-state index in [1.807, 2.05) is 0 Å². The van der Waals surface area contributed by atoms with Crippen molar-refractivity contribution in [3.05, 3.63) is 0 Å². The number of aliphatic hydroxyl groups is 1. The van der Waals surface area contributed by atoms with Crippen molar-refractivity contribution in [2.24, 2.45) is 34.5 Å². The van der Waals surface area contributed by atoms with E-state index < -0.39 is 6.10 Å². The molecule has 0 saturated heterocycles. The molecule has 0 aromatic heterocycles. The summed E-state index contributed by atoms with van der Waals surface area (Å²) in [6.07, 6.45) is 6.85. The van der Waals surface area contributed by atoms with Crippen LogP contribution in [-0.2, 0) is 9.59 Å². The van der Waals surface area contributed by atoms with Crippen molar-refractivity contribution >= 4 is 11.6 Å². The van der Waals surface area contributed by atoms with Crippen molar-refractivity contribution < 1.29 is 14.7 Å². The molecule has 4 saturated carbocycles. The molecule has 0 spiro atoms. The average Bonchev–Trinajstić information content (AvgIpc) is 2.72. The third kappa shape index (κ3) is 1.78. The highest BCUT2D eigenvalue weighted by Crippen LogP contribution is 2.65. The van der Waals surface area contributed by atoms with Gasteiger partial charge in [0.2, 0.25) is 0 Å². The Morgan fingerprint density at radius 1 is 1.05 bits per heavy atom. The lowest BCUT2D eigenvalue weighted by atomic mass is 9.45. The van der Waals surface area contributed by atoms with Gasteiger partial charge < -0.3 is 5.11 Å². The van der Waals surface area contributed by atoms with Crippen LogP contribution >= 0.6 is 0 Å². The lowest BCUT2D eigenvalue weighted by molar-refractivity contribution is -0.145. The van der Waals surface area contributed by atoms with Crippen LogP contribution in [0.4, 0.5) is 0 Å². The summed E-state index contributed by atoms with van der Waals surface area (Å²) in [5.74, 6) is 2.70. The molecule has 4 fully saturated rings. The van der Waals surface area contributed by atoms with Gasteiger partial charge in [0.15, 0.2) is 5.78 Å². The van der Waals surface area contributed by atoms with Crippen molar-refractivity contribution in [2.45, 2.75) is 71.3 Å². The minimum absolute atomic E-state index is 0.0991. The van der Waals surface area contributed by atoms with Crippen LogP contribution < -0.4 is 0 Å². The van der Waals surface area contributed by atoms with E-state index in [1.54, 1.807) is 0 Å². The maximum Gasteiger partial charge on any atom is 0.167 e. The number of aliphatic hydroxyl groups excluding tert-OH is 1. The molecule has 4 aliphatic carbocycles. The van der Waals surface area contributed by atoms with Gasteiger partial charge in [0, 0.05) is 18.3 Å². The van der Waals surface area contributed by atoms with Crippen LogP contribution in [0.3, 0.4) is 0 Å². The third-order valence-corrected chi connectivity index (χ3v) is 8.21. The lowest BCUT2D eigenvalue weighted by Gasteiger charge is -2.59. The van der Waals surface area contributed by atoms with Crippen LogP contribution in [0.25, 0.3) is 0 Å². The Kier molecular flexibility index (Phi) is 3.15. The average molecular weight is 304 g/mol. The zero-order chi connectivity index (χ0) is 15.7. The number of hydrogen-bond donors (Lipinski definition) is 1. The van der Waals surface area contributed by atoms with Gasteiger partial charge in [-0.3, -0.25) is 9.59 Å². The summed E-state index contributed by atoms with van der Waals surface area (Å²) in [5.41, 5.74) is 0.00299. The molecular formula is C19H28O3. The Morgan fingerprint density at radius 3 is 2.59 bits per heavy atom. The van der Waals surface area contributed by atoms with Gasteiger partial charge in [0.25, 0.3) is 0 Å². The quantitative estimate of drug-likeness (QED) is 0.748. The molecule has 0 unspecified atom stereocenters. The van der Waals surface area contributed by atoms with Crippen molar-refractivity contribution in [2.75, 3.05) is 0 Å². The maximum absolute atomic E-state index is 12.4. The molecule has 0 heterocycles. The molecule has 7 atom stereocenters. The molecule has 122 valence electrons. The highest BCUT2D eigenvalue weighted by atomic mass is 16.3. The van der Waals surface area contributed by atoms with Crippen LogP contribution in [0, 0.1) is 34.5 Å². The van der Waals surface area contributed by atoms with Gasteiger partial charge in [-0.05, 0) is 67.6 Å². The normalized spacial score (nSPS) is 54.6. The van der Waals surface area contributed by atoms with Crippen molar-refractivity contribution in [1.82, 2.24) is 0 Å². The van der Waals surface area contributed by atoms with E-state index in [0.29, 0.717) is 35.9 Å². The van der Waals surface area contributed by atoms with E-state index in [4.69, 9.17) is 0 Å². The van der Waals surface area contributed by atoms with Crippen molar-refractivity contribution in [3.63, 3.8) is 0 Å². The first-order valence-electron chi connectivity index (χ1n) is 9.10. The largest absolute Gasteiger partial charge is 0.385 e. The highest BCUT2D eigenvalue weighted by Gasteiger charge is 2.62. The summed E-state index contributed by atoms with van der Waals surface area (Å²) in [6.45, 7) is 4.52. The lowest BCUT2D eigenvalue weighted by Crippen LogP contribution is -2.53. The first kappa shape index (κ1) is 14.9. The van der Waals surface area contributed by atoms with Gasteiger partial charge in [0.05, 0.1) is 0 Å². The minimum atomic E-state index is -0.729. The molecule has 3 heteroatoms. The standard InChI is InChI=1S/C19H28O3/c1-18-7-5-12(20)9-11(18)3-4-13-14(18)6-8-19(2)15(13)10-16(21)17(19)22/h11,13-16,21H,3-10H2,1-2H3/t11-,13-,14+,15+,16-,18+,19+/m1/s1. The van der Waals surface area contributed by atoms with E-state index in [9.17, 15) is 14.7 Å². The molecule has 4 aliphatic rings. The van der Waals surface area contributed by atoms with E-state index in [1.165, 1.54) is 0 Å². The first-order valence-corrected chi connectivity index (χ1v) is 9.10. The first-order chi connectivity index (χ1) is 10.4. The third-order valence-electron chi connectivity index (χ3n) is 8.21. The van der Waals surface area contributed by atoms with E-state index in [2.05, 4.69) is 13.8 Å². The number of carbonyl (C=O) groups is 2. The Bertz CT molecular complexity index is 527. The summed E-state index contributed by atoms with van der Waals surface area (Å²) < 4.78 is 0. The summed E-state index contributed by atoms with van der Waals surface area (Å²) in [6, 6.07) is 0. The zero-order valence-electron chi connectivity index (χ0n) is 13.8. The Labute approximate surface area is 132 Å². The van der Waals surface area contributed by atoms with Crippen LogP contribution in [0.15, 0.2) is 0 Å². The summed E-state index contributed by atoms with van der Waals surface area (Å²) in [7, 11) is 0. The van der Waals surface area contributed by atoms with Crippen LogP contribution in [0.2, 0.25) is 0 Å². The summed E-state index contributed by atoms with van der Waals surface area (Å²) >= 11 is 0. The predicted molar refractivity (Wildman–Crippen MR) is 83.1 cm³/mol. The molecule has 3 nitrogen and oxygen atoms in total. The number of ketones is 2. The van der Waals surface area contributed by atoms with E-state index in [0.717, 1.165) is 44.9 Å². The predicted octanol–water partition coefficient (Wildman–Crippen LogP) is 3.14. The van der Waals surface area contributed by atoms with Crippen molar-refractivity contribution in [1.29, 1.82) is 0 Å². The van der Waals surface area contributed by atoms with Crippen LogP contribution in [-0.4, -0.2) is 22.8 Å². The number of Topliss-reactive ketones (excluding diaryl/α,β-unsaturated/α-hetero) is 2. The minimum Gasteiger partial charge on any atom is -0.385 e. The number of fused-ring (bicyclic) bond motifs is 5. The molecular weight excluding hydrogens is 276 g/mol. The summed E-state index contributed by atoms with van der Waals surface area (Å²) in [4.78, 5) is 24.3. The fourth-order valence-electron chi connectivity index (χ4n) is 6.83. The fourth-order valence-corrected chi connectivity index (χ4v) is 6.83. The second-order valence-electron chi connectivity index (χ2n) is 8.97. The Hall–Kier alpha value is -0.700. The summed E-state index contributed by atoms with van der Waals surface area (Å²) in [5, 5.41) is 10.1. The number of rotatable bonds is 0. The Morgan fingerprint density at radius 2 is 1.82 bits per heavy atom. The van der Waals surface area contributed by atoms with Gasteiger partial charge in [-0.1, -0.05) is 13.8 Å². The topological polar surface area (TPSA) is 54.4 Å². The monoisotopic (exact) mass is 304 g/mol. The van der Waals surface area contributed by atoms with E-state index in [-0.39, 0.29) is 16.6 Å². The van der Waals surface area contributed by atoms with Gasteiger partial charge in [-0.2, -0.15) is 0 Å². The fraction of sp³-hybridized carbons (Fsp3) is 0.895. The van der Waals surface area contributed by atoms with Crippen LogP contribution in [0.1, 0.15) is 65.2 Å². The second-order valence-corrected chi connectivity index (χ2v) is 8.97. The highest BCUT2D eigenvalue weighted by molar-refractivity contribution is 5.91. The molecule has 0 aromatic carbocycles. The van der Waals surface area contributed by atoms with Gasteiger partial charge in [0.1, 0.15) is 11.9 Å². The number of carbonyl (C=O) groups excluding carboxylic acids is 2. The molecule has 0 aromatic rings. The maximum atomic E-state index is 12.4. The second kappa shape index (κ2) is 4.66. The van der Waals surface area contributed by atoms with Gasteiger partial charge in [-0.15, -0.1) is 0 Å². The van der Waals surface area contributed by atoms with Crippen molar-refractivity contribution in [3.8, 4) is 0 Å². The zero-order valence-corrected chi connectivity index (χ0v) is 13.8.